The van der Waals surface area contributed by atoms with Crippen LogP contribution < -0.4 is 5.32 Å². The fourth-order valence-electron chi connectivity index (χ4n) is 2.83. The Morgan fingerprint density at radius 1 is 1.32 bits per heavy atom. The Morgan fingerprint density at radius 2 is 2.08 bits per heavy atom. The lowest BCUT2D eigenvalue weighted by atomic mass is 10.2. The number of carbonyl (C=O) groups is 1. The summed E-state index contributed by atoms with van der Waals surface area (Å²) >= 11 is 1.33. The molecule has 1 atom stereocenters. The zero-order chi connectivity index (χ0) is 17.9. The third-order valence-electron chi connectivity index (χ3n) is 4.02. The number of amides is 1. The van der Waals surface area contributed by atoms with E-state index in [-0.39, 0.29) is 10.8 Å². The van der Waals surface area contributed by atoms with E-state index in [1.54, 1.807) is 30.3 Å². The van der Waals surface area contributed by atoms with E-state index in [2.05, 4.69) is 15.5 Å². The molecule has 1 aliphatic heterocycles. The van der Waals surface area contributed by atoms with E-state index < -0.39 is 16.1 Å². The van der Waals surface area contributed by atoms with Crippen LogP contribution in [0.4, 0.5) is 5.13 Å². The van der Waals surface area contributed by atoms with Gasteiger partial charge < -0.3 is 0 Å². The summed E-state index contributed by atoms with van der Waals surface area (Å²) in [6, 6.07) is 7.48. The monoisotopic (exact) mass is 380 g/mol. The predicted molar refractivity (Wildman–Crippen MR) is 95.9 cm³/mol. The van der Waals surface area contributed by atoms with Gasteiger partial charge in [0.2, 0.25) is 21.1 Å². The molecule has 25 heavy (non-hydrogen) atoms. The molecule has 0 radical (unpaired) electrons. The minimum atomic E-state index is -3.69. The summed E-state index contributed by atoms with van der Waals surface area (Å²) in [6.07, 6.45) is 2.92. The molecule has 1 fully saturated rings. The van der Waals surface area contributed by atoms with Gasteiger partial charge in [0, 0.05) is 13.0 Å². The summed E-state index contributed by atoms with van der Waals surface area (Å²) in [5.41, 5.74) is 0. The van der Waals surface area contributed by atoms with Crippen molar-refractivity contribution >= 4 is 32.4 Å². The van der Waals surface area contributed by atoms with Crippen LogP contribution in [0, 0.1) is 0 Å². The van der Waals surface area contributed by atoms with Gasteiger partial charge in [0.05, 0.1) is 4.90 Å². The number of anilines is 1. The van der Waals surface area contributed by atoms with Gasteiger partial charge in [-0.2, -0.15) is 4.31 Å². The van der Waals surface area contributed by atoms with E-state index >= 15 is 0 Å². The lowest BCUT2D eigenvalue weighted by Gasteiger charge is -2.22. The van der Waals surface area contributed by atoms with E-state index in [1.165, 1.54) is 15.6 Å². The van der Waals surface area contributed by atoms with Crippen LogP contribution in [0.2, 0.25) is 0 Å². The first kappa shape index (κ1) is 18.0. The highest BCUT2D eigenvalue weighted by Gasteiger charge is 2.39. The number of carbonyl (C=O) groups excluding carboxylic acids is 1. The van der Waals surface area contributed by atoms with Crippen LogP contribution in [-0.2, 0) is 21.2 Å². The minimum absolute atomic E-state index is 0.204. The Bertz CT molecular complexity index is 836. The SMILES string of the molecule is CCCc1nnc(NC(=O)C2CCCN2S(=O)(=O)c2ccccc2)s1. The third-order valence-corrected chi connectivity index (χ3v) is 6.84. The Kier molecular flexibility index (Phi) is 5.45. The summed E-state index contributed by atoms with van der Waals surface area (Å²) in [6.45, 7) is 2.39. The van der Waals surface area contributed by atoms with Crippen molar-refractivity contribution in [1.29, 1.82) is 0 Å². The first-order chi connectivity index (χ1) is 12.0. The lowest BCUT2D eigenvalue weighted by molar-refractivity contribution is -0.119. The van der Waals surface area contributed by atoms with Gasteiger partial charge in [-0.1, -0.05) is 36.5 Å². The van der Waals surface area contributed by atoms with Crippen LogP contribution in [0.5, 0.6) is 0 Å². The highest BCUT2D eigenvalue weighted by molar-refractivity contribution is 7.89. The molecule has 0 bridgehead atoms. The largest absolute Gasteiger partial charge is 0.299 e. The molecule has 2 heterocycles. The maximum absolute atomic E-state index is 12.8. The van der Waals surface area contributed by atoms with E-state index in [9.17, 15) is 13.2 Å². The standard InChI is InChI=1S/C16H20N4O3S2/c1-2-7-14-18-19-16(24-14)17-15(21)13-10-6-11-20(13)25(22,23)12-8-4-3-5-9-12/h3-5,8-9,13H,2,6-7,10-11H2,1H3,(H,17,19,21). The van der Waals surface area contributed by atoms with Crippen molar-refractivity contribution in [2.24, 2.45) is 0 Å². The zero-order valence-electron chi connectivity index (χ0n) is 13.9. The molecule has 134 valence electrons. The van der Waals surface area contributed by atoms with Crippen molar-refractivity contribution in [2.75, 3.05) is 11.9 Å². The van der Waals surface area contributed by atoms with Gasteiger partial charge in [0.25, 0.3) is 0 Å². The molecule has 1 aromatic carbocycles. The Balaban J connectivity index is 1.75. The first-order valence-corrected chi connectivity index (χ1v) is 10.5. The number of hydrogen-bond acceptors (Lipinski definition) is 6. The van der Waals surface area contributed by atoms with Crippen LogP contribution >= 0.6 is 11.3 Å². The van der Waals surface area contributed by atoms with E-state index in [0.717, 1.165) is 17.8 Å². The van der Waals surface area contributed by atoms with Gasteiger partial charge in [-0.05, 0) is 31.4 Å². The van der Waals surface area contributed by atoms with Gasteiger partial charge in [-0.25, -0.2) is 8.42 Å². The van der Waals surface area contributed by atoms with Crippen molar-refractivity contribution in [2.45, 2.75) is 43.5 Å². The molecule has 1 saturated heterocycles. The molecule has 0 saturated carbocycles. The van der Waals surface area contributed by atoms with Crippen LogP contribution in [0.1, 0.15) is 31.2 Å². The molecule has 1 unspecified atom stereocenters. The zero-order valence-corrected chi connectivity index (χ0v) is 15.5. The molecule has 1 N–H and O–H groups in total. The Hall–Kier alpha value is -1.84. The molecule has 0 aliphatic carbocycles. The topological polar surface area (TPSA) is 92.3 Å². The smallest absolute Gasteiger partial charge is 0.244 e. The second-order valence-electron chi connectivity index (χ2n) is 5.83. The number of nitrogens with one attached hydrogen (secondary N) is 1. The number of aryl methyl sites for hydroxylation is 1. The number of nitrogens with zero attached hydrogens (tertiary/aromatic N) is 3. The van der Waals surface area contributed by atoms with Crippen molar-refractivity contribution in [3.05, 3.63) is 35.3 Å². The molecule has 9 heteroatoms. The summed E-state index contributed by atoms with van der Waals surface area (Å²) < 4.78 is 26.9. The number of hydrogen-bond donors (Lipinski definition) is 1. The maximum Gasteiger partial charge on any atom is 0.244 e. The third kappa shape index (κ3) is 3.88. The maximum atomic E-state index is 12.8. The summed E-state index contributed by atoms with van der Waals surface area (Å²) in [4.78, 5) is 12.8. The summed E-state index contributed by atoms with van der Waals surface area (Å²) in [5.74, 6) is -0.351. The van der Waals surface area contributed by atoms with Crippen LogP contribution in [0.3, 0.4) is 0 Å². The van der Waals surface area contributed by atoms with Crippen LogP contribution in [0.15, 0.2) is 35.2 Å². The van der Waals surface area contributed by atoms with Crippen molar-refractivity contribution in [1.82, 2.24) is 14.5 Å². The quantitative estimate of drug-likeness (QED) is 0.830. The molecule has 1 aliphatic rings. The van der Waals surface area contributed by atoms with Crippen molar-refractivity contribution < 1.29 is 13.2 Å². The average Bonchev–Trinajstić information content (AvgIpc) is 3.26. The number of aromatic nitrogens is 2. The highest BCUT2D eigenvalue weighted by Crippen LogP contribution is 2.27. The first-order valence-electron chi connectivity index (χ1n) is 8.22. The number of benzene rings is 1. The second-order valence-corrected chi connectivity index (χ2v) is 8.78. The molecule has 3 rings (SSSR count). The minimum Gasteiger partial charge on any atom is -0.299 e. The van der Waals surface area contributed by atoms with E-state index in [1.807, 2.05) is 6.92 Å². The van der Waals surface area contributed by atoms with Gasteiger partial charge in [-0.15, -0.1) is 10.2 Å². The van der Waals surface area contributed by atoms with Crippen molar-refractivity contribution in [3.8, 4) is 0 Å². The lowest BCUT2D eigenvalue weighted by Crippen LogP contribution is -2.43. The van der Waals surface area contributed by atoms with E-state index in [0.29, 0.717) is 24.5 Å². The van der Waals surface area contributed by atoms with E-state index in [4.69, 9.17) is 0 Å². The molecule has 7 nitrogen and oxygen atoms in total. The Labute approximate surface area is 151 Å². The highest BCUT2D eigenvalue weighted by atomic mass is 32.2. The van der Waals surface area contributed by atoms with Crippen LogP contribution in [-0.4, -0.2) is 41.4 Å². The molecule has 1 aromatic heterocycles. The normalized spacial score (nSPS) is 18.4. The fraction of sp³-hybridized carbons (Fsp3) is 0.438. The molecule has 2 aromatic rings. The molecular formula is C16H20N4O3S2. The number of sulfonamides is 1. The number of rotatable bonds is 6. The van der Waals surface area contributed by atoms with Gasteiger partial charge >= 0.3 is 0 Å². The van der Waals surface area contributed by atoms with Crippen molar-refractivity contribution in [3.63, 3.8) is 0 Å². The molecule has 1 amide bonds. The van der Waals surface area contributed by atoms with Gasteiger partial charge in [0.15, 0.2) is 0 Å². The molecular weight excluding hydrogens is 360 g/mol. The fourth-order valence-corrected chi connectivity index (χ4v) is 5.35. The summed E-state index contributed by atoms with van der Waals surface area (Å²) in [7, 11) is -3.69. The second kappa shape index (κ2) is 7.59. The average molecular weight is 380 g/mol. The van der Waals surface area contributed by atoms with Gasteiger partial charge in [0.1, 0.15) is 11.0 Å². The molecule has 0 spiro atoms. The predicted octanol–water partition coefficient (Wildman–Crippen LogP) is 2.28. The Morgan fingerprint density at radius 3 is 2.80 bits per heavy atom. The van der Waals surface area contributed by atoms with Gasteiger partial charge in [-0.3, -0.25) is 10.1 Å². The summed E-state index contributed by atoms with van der Waals surface area (Å²) in [5, 5.41) is 12.0. The van der Waals surface area contributed by atoms with Crippen LogP contribution in [0.25, 0.3) is 0 Å².